The van der Waals surface area contributed by atoms with Crippen LogP contribution >= 0.6 is 34.8 Å². The van der Waals surface area contributed by atoms with E-state index in [2.05, 4.69) is 0 Å². The van der Waals surface area contributed by atoms with Gasteiger partial charge in [-0.25, -0.2) is 0 Å². The minimum absolute atomic E-state index is 0.156. The molecule has 2 aromatic carbocycles. The zero-order valence-corrected chi connectivity index (χ0v) is 17.9. The normalized spacial score (nSPS) is 19.0. The second-order valence-corrected chi connectivity index (χ2v) is 8.60. The number of rotatable bonds is 5. The molecular weight excluding hydrogens is 415 g/mol. The maximum atomic E-state index is 13.2. The van der Waals surface area contributed by atoms with Crippen molar-refractivity contribution >= 4 is 46.4 Å². The third kappa shape index (κ3) is 4.97. The summed E-state index contributed by atoms with van der Waals surface area (Å²) in [6, 6.07) is 12.5. The first-order valence-electron chi connectivity index (χ1n) is 9.73. The molecule has 28 heavy (non-hydrogen) atoms. The van der Waals surface area contributed by atoms with Crippen LogP contribution in [0.1, 0.15) is 66.8 Å². The van der Waals surface area contributed by atoms with Gasteiger partial charge >= 0.3 is 0 Å². The van der Waals surface area contributed by atoms with Crippen molar-refractivity contribution in [3.8, 4) is 0 Å². The Kier molecular flexibility index (Phi) is 7.56. The van der Waals surface area contributed by atoms with Gasteiger partial charge in [-0.3, -0.25) is 9.59 Å². The molecule has 5 heteroatoms. The van der Waals surface area contributed by atoms with Crippen LogP contribution in [0.5, 0.6) is 0 Å². The molecule has 2 nitrogen and oxygen atoms in total. The Morgan fingerprint density at radius 1 is 0.893 bits per heavy atom. The van der Waals surface area contributed by atoms with Crippen LogP contribution in [0.15, 0.2) is 42.5 Å². The van der Waals surface area contributed by atoms with Crippen molar-refractivity contribution in [3.63, 3.8) is 0 Å². The van der Waals surface area contributed by atoms with E-state index in [9.17, 15) is 9.59 Å². The molecule has 1 aliphatic rings. The van der Waals surface area contributed by atoms with Crippen LogP contribution in [-0.4, -0.2) is 11.6 Å². The molecule has 0 aromatic heterocycles. The van der Waals surface area contributed by atoms with Gasteiger partial charge in [0.15, 0.2) is 5.78 Å². The predicted octanol–water partition coefficient (Wildman–Crippen LogP) is 7.54. The molecule has 1 aliphatic carbocycles. The summed E-state index contributed by atoms with van der Waals surface area (Å²) in [5, 5.41) is 1.25. The van der Waals surface area contributed by atoms with E-state index < -0.39 is 0 Å². The predicted molar refractivity (Wildman–Crippen MR) is 116 cm³/mol. The van der Waals surface area contributed by atoms with Gasteiger partial charge in [0.1, 0.15) is 5.78 Å². The highest BCUT2D eigenvalue weighted by Crippen LogP contribution is 2.40. The van der Waals surface area contributed by atoms with Crippen molar-refractivity contribution in [1.29, 1.82) is 0 Å². The van der Waals surface area contributed by atoms with Gasteiger partial charge in [-0.15, -0.1) is 0 Å². The van der Waals surface area contributed by atoms with Crippen LogP contribution in [0.2, 0.25) is 15.1 Å². The topological polar surface area (TPSA) is 34.1 Å². The van der Waals surface area contributed by atoms with Crippen LogP contribution in [0.4, 0.5) is 0 Å². The Bertz CT molecular complexity index is 842. The second kappa shape index (κ2) is 9.91. The Hall–Kier alpha value is -1.35. The summed E-state index contributed by atoms with van der Waals surface area (Å²) in [6.45, 7) is 0. The lowest BCUT2D eigenvalue weighted by molar-refractivity contribution is -0.124. The summed E-state index contributed by atoms with van der Waals surface area (Å²) in [5.74, 6) is -0.428. The highest BCUT2D eigenvalue weighted by Gasteiger charge is 2.33. The van der Waals surface area contributed by atoms with Gasteiger partial charge < -0.3 is 0 Å². The summed E-state index contributed by atoms with van der Waals surface area (Å²) in [4.78, 5) is 26.1. The van der Waals surface area contributed by atoms with Crippen molar-refractivity contribution < 1.29 is 9.59 Å². The first-order valence-corrected chi connectivity index (χ1v) is 10.9. The zero-order valence-electron chi connectivity index (χ0n) is 15.6. The van der Waals surface area contributed by atoms with E-state index in [1.807, 2.05) is 24.3 Å². The molecule has 1 fully saturated rings. The minimum atomic E-state index is -0.279. The monoisotopic (exact) mass is 436 g/mol. The van der Waals surface area contributed by atoms with Crippen LogP contribution in [-0.2, 0) is 4.79 Å². The lowest BCUT2D eigenvalue weighted by atomic mass is 9.75. The molecule has 0 spiro atoms. The van der Waals surface area contributed by atoms with E-state index in [-0.39, 0.29) is 29.8 Å². The van der Waals surface area contributed by atoms with E-state index >= 15 is 0 Å². The standard InChI is InChI=1S/C23H23Cl3O2/c24-18-10-6-5-8-15(18)17(16-9-3-1-2-4-13-21(16)27)14-22(28)23-19(25)11-7-12-20(23)26/h5-8,10-12,16-17H,1-4,9,13-14H2. The number of ketones is 2. The summed E-state index contributed by atoms with van der Waals surface area (Å²) < 4.78 is 0. The Morgan fingerprint density at radius 3 is 2.25 bits per heavy atom. The summed E-state index contributed by atoms with van der Waals surface area (Å²) in [7, 11) is 0. The molecule has 0 aliphatic heterocycles. The summed E-state index contributed by atoms with van der Waals surface area (Å²) >= 11 is 19.0. The number of carbonyl (C=O) groups excluding carboxylic acids is 2. The van der Waals surface area contributed by atoms with Gasteiger partial charge in [-0.2, -0.15) is 0 Å². The van der Waals surface area contributed by atoms with Crippen LogP contribution in [0.25, 0.3) is 0 Å². The van der Waals surface area contributed by atoms with Crippen LogP contribution < -0.4 is 0 Å². The Labute approximate surface area is 181 Å². The summed E-state index contributed by atoms with van der Waals surface area (Å²) in [5.41, 5.74) is 1.17. The van der Waals surface area contributed by atoms with Gasteiger partial charge in [0, 0.05) is 29.7 Å². The molecule has 3 rings (SSSR count). The highest BCUT2D eigenvalue weighted by molar-refractivity contribution is 6.39. The molecule has 2 aromatic rings. The largest absolute Gasteiger partial charge is 0.299 e. The smallest absolute Gasteiger partial charge is 0.166 e. The van der Waals surface area contributed by atoms with Gasteiger partial charge in [0.25, 0.3) is 0 Å². The molecule has 1 saturated carbocycles. The fourth-order valence-electron chi connectivity index (χ4n) is 4.10. The molecule has 148 valence electrons. The molecule has 2 atom stereocenters. The number of benzene rings is 2. The highest BCUT2D eigenvalue weighted by atomic mass is 35.5. The van der Waals surface area contributed by atoms with Crippen molar-refractivity contribution in [2.75, 3.05) is 0 Å². The van der Waals surface area contributed by atoms with E-state index in [1.165, 1.54) is 0 Å². The Morgan fingerprint density at radius 2 is 1.54 bits per heavy atom. The van der Waals surface area contributed by atoms with Gasteiger partial charge in [0.05, 0.1) is 15.6 Å². The Balaban J connectivity index is 1.98. The SMILES string of the molecule is O=C(CC(c1ccccc1Cl)C1CCCCCCC1=O)c1c(Cl)cccc1Cl. The van der Waals surface area contributed by atoms with E-state index in [0.717, 1.165) is 37.7 Å². The zero-order chi connectivity index (χ0) is 20.1. The third-order valence-corrected chi connectivity index (χ3v) is 6.51. The molecule has 0 N–H and O–H groups in total. The molecular formula is C23H23Cl3O2. The van der Waals surface area contributed by atoms with Crippen LogP contribution in [0, 0.1) is 5.92 Å². The molecule has 0 saturated heterocycles. The van der Waals surface area contributed by atoms with Gasteiger partial charge in [0.2, 0.25) is 0 Å². The van der Waals surface area contributed by atoms with Gasteiger partial charge in [-0.05, 0) is 36.6 Å². The first kappa shape index (κ1) is 21.4. The number of hydrogen-bond donors (Lipinski definition) is 0. The van der Waals surface area contributed by atoms with E-state index in [4.69, 9.17) is 34.8 Å². The average molecular weight is 438 g/mol. The van der Waals surface area contributed by atoms with Crippen molar-refractivity contribution in [2.45, 2.75) is 50.9 Å². The van der Waals surface area contributed by atoms with Crippen molar-refractivity contribution in [1.82, 2.24) is 0 Å². The fraction of sp³-hybridized carbons (Fsp3) is 0.391. The van der Waals surface area contributed by atoms with Crippen LogP contribution in [0.3, 0.4) is 0 Å². The maximum absolute atomic E-state index is 13.2. The van der Waals surface area contributed by atoms with Gasteiger partial charge in [-0.1, -0.05) is 78.3 Å². The van der Waals surface area contributed by atoms with E-state index in [1.54, 1.807) is 18.2 Å². The average Bonchev–Trinajstić information content (AvgIpc) is 2.64. The lowest BCUT2D eigenvalue weighted by Crippen LogP contribution is -2.26. The third-order valence-electron chi connectivity index (χ3n) is 5.54. The number of carbonyl (C=O) groups is 2. The van der Waals surface area contributed by atoms with E-state index in [0.29, 0.717) is 27.1 Å². The molecule has 0 heterocycles. The number of halogens is 3. The molecule has 0 amide bonds. The number of hydrogen-bond acceptors (Lipinski definition) is 2. The second-order valence-electron chi connectivity index (χ2n) is 7.38. The quantitative estimate of drug-likeness (QED) is 0.453. The molecule has 0 bridgehead atoms. The van der Waals surface area contributed by atoms with Crippen molar-refractivity contribution in [2.24, 2.45) is 5.92 Å². The number of Topliss-reactive ketones (excluding diaryl/α,β-unsaturated/α-hetero) is 2. The lowest BCUT2D eigenvalue weighted by Gasteiger charge is -2.28. The summed E-state index contributed by atoms with van der Waals surface area (Å²) in [6.07, 6.45) is 5.59. The molecule has 0 radical (unpaired) electrons. The maximum Gasteiger partial charge on any atom is 0.166 e. The molecule has 2 unspecified atom stereocenters. The minimum Gasteiger partial charge on any atom is -0.299 e. The first-order chi connectivity index (χ1) is 13.5. The fourth-order valence-corrected chi connectivity index (χ4v) is 4.98. The van der Waals surface area contributed by atoms with Crippen molar-refractivity contribution in [3.05, 3.63) is 68.7 Å².